The number of thiazole rings is 1. The third-order valence-corrected chi connectivity index (χ3v) is 5.16. The monoisotopic (exact) mass is 350 g/mol. The van der Waals surface area contributed by atoms with Crippen LogP contribution in [0.3, 0.4) is 0 Å². The summed E-state index contributed by atoms with van der Waals surface area (Å²) in [6.07, 6.45) is 1.07. The van der Waals surface area contributed by atoms with E-state index in [1.165, 1.54) is 30.3 Å². The molecule has 0 aliphatic heterocycles. The van der Waals surface area contributed by atoms with Crippen LogP contribution < -0.4 is 5.32 Å². The van der Waals surface area contributed by atoms with Crippen LogP contribution in [0.2, 0.25) is 0 Å². The highest BCUT2D eigenvalue weighted by atomic mass is 32.2. The fraction of sp³-hybridized carbons (Fsp3) is 0.0667. The Morgan fingerprint density at radius 3 is 2.65 bits per heavy atom. The molecule has 0 spiro atoms. The predicted octanol–water partition coefficient (Wildman–Crippen LogP) is 3.09. The van der Waals surface area contributed by atoms with Crippen molar-refractivity contribution < 1.29 is 17.6 Å². The first-order chi connectivity index (χ1) is 10.8. The van der Waals surface area contributed by atoms with Crippen LogP contribution in [0.5, 0.6) is 0 Å². The Hall–Kier alpha value is -2.32. The fourth-order valence-electron chi connectivity index (χ4n) is 2.01. The highest BCUT2D eigenvalue weighted by Gasteiger charge is 2.14. The molecule has 0 saturated carbocycles. The topological polar surface area (TPSA) is 76.1 Å². The van der Waals surface area contributed by atoms with Gasteiger partial charge in [0.2, 0.25) is 0 Å². The molecule has 0 aliphatic carbocycles. The van der Waals surface area contributed by atoms with Gasteiger partial charge in [-0.05, 0) is 30.3 Å². The number of halogens is 1. The van der Waals surface area contributed by atoms with Crippen LogP contribution in [0, 0.1) is 5.82 Å². The maximum atomic E-state index is 13.6. The Morgan fingerprint density at radius 1 is 1.22 bits per heavy atom. The van der Waals surface area contributed by atoms with Crippen LogP contribution >= 0.6 is 11.3 Å². The average molecular weight is 350 g/mol. The number of para-hydroxylation sites is 1. The van der Waals surface area contributed by atoms with Gasteiger partial charge < -0.3 is 0 Å². The first-order valence-corrected chi connectivity index (χ1v) is 9.22. The van der Waals surface area contributed by atoms with E-state index in [-0.39, 0.29) is 21.1 Å². The maximum Gasteiger partial charge on any atom is 0.257 e. The molecule has 1 amide bonds. The molecule has 0 fully saturated rings. The summed E-state index contributed by atoms with van der Waals surface area (Å²) in [5.41, 5.74) is 0.380. The van der Waals surface area contributed by atoms with E-state index in [4.69, 9.17) is 0 Å². The summed E-state index contributed by atoms with van der Waals surface area (Å²) in [4.78, 5) is 16.3. The minimum atomic E-state index is -3.40. The molecule has 1 N–H and O–H groups in total. The Bertz CT molecular complexity index is 1010. The van der Waals surface area contributed by atoms with E-state index in [9.17, 15) is 17.6 Å². The number of carbonyl (C=O) groups excluding carboxylic acids is 1. The molecule has 0 unspecified atom stereocenters. The number of nitrogens with one attached hydrogen (secondary N) is 1. The van der Waals surface area contributed by atoms with E-state index >= 15 is 0 Å². The molecule has 118 valence electrons. The van der Waals surface area contributed by atoms with Gasteiger partial charge in [0.25, 0.3) is 5.91 Å². The van der Waals surface area contributed by atoms with Crippen molar-refractivity contribution in [1.29, 1.82) is 0 Å². The van der Waals surface area contributed by atoms with Crippen molar-refractivity contribution in [2.75, 3.05) is 11.6 Å². The molecule has 3 rings (SSSR count). The van der Waals surface area contributed by atoms with E-state index in [2.05, 4.69) is 10.3 Å². The number of benzene rings is 2. The van der Waals surface area contributed by atoms with Crippen molar-refractivity contribution in [3.05, 3.63) is 53.8 Å². The van der Waals surface area contributed by atoms with Gasteiger partial charge in [0.1, 0.15) is 11.3 Å². The van der Waals surface area contributed by atoms with Crippen molar-refractivity contribution in [3.8, 4) is 0 Å². The third kappa shape index (κ3) is 3.22. The zero-order chi connectivity index (χ0) is 16.6. The lowest BCUT2D eigenvalue weighted by Gasteiger charge is -2.03. The molecule has 23 heavy (non-hydrogen) atoms. The molecule has 1 heterocycles. The standard InChI is InChI=1S/C15H11FN2O3S2/c1-23(20,21)10-5-2-4-9(8-10)14(19)18-15-17-13-11(16)6-3-7-12(13)22-15/h2-8H,1H3,(H,17,18,19). The normalized spacial score (nSPS) is 11.6. The van der Waals surface area contributed by atoms with E-state index in [0.717, 1.165) is 17.6 Å². The van der Waals surface area contributed by atoms with Gasteiger partial charge in [-0.25, -0.2) is 17.8 Å². The lowest BCUT2D eigenvalue weighted by molar-refractivity contribution is 0.102. The molecule has 2 aromatic carbocycles. The largest absolute Gasteiger partial charge is 0.298 e. The van der Waals surface area contributed by atoms with Gasteiger partial charge in [0.15, 0.2) is 15.0 Å². The first kappa shape index (κ1) is 15.6. The summed E-state index contributed by atoms with van der Waals surface area (Å²) in [7, 11) is -3.40. The number of aromatic nitrogens is 1. The van der Waals surface area contributed by atoms with Gasteiger partial charge in [-0.15, -0.1) is 0 Å². The molecule has 0 bridgehead atoms. The number of anilines is 1. The summed E-state index contributed by atoms with van der Waals surface area (Å²) in [5.74, 6) is -0.965. The molecule has 5 nitrogen and oxygen atoms in total. The molecule has 1 aromatic heterocycles. The number of nitrogens with zero attached hydrogens (tertiary/aromatic N) is 1. The zero-order valence-electron chi connectivity index (χ0n) is 11.9. The van der Waals surface area contributed by atoms with Crippen LogP contribution in [0.1, 0.15) is 10.4 Å². The Balaban J connectivity index is 1.90. The quantitative estimate of drug-likeness (QED) is 0.787. The molecule has 0 aliphatic rings. The van der Waals surface area contributed by atoms with Crippen LogP contribution in [0.4, 0.5) is 9.52 Å². The first-order valence-electron chi connectivity index (χ1n) is 6.51. The van der Waals surface area contributed by atoms with E-state index in [1.807, 2.05) is 0 Å². The number of hydrogen-bond acceptors (Lipinski definition) is 5. The number of fused-ring (bicyclic) bond motifs is 1. The fourth-order valence-corrected chi connectivity index (χ4v) is 3.55. The van der Waals surface area contributed by atoms with Crippen molar-refractivity contribution in [2.45, 2.75) is 4.90 Å². The van der Waals surface area contributed by atoms with Crippen LogP contribution in [0.15, 0.2) is 47.4 Å². The summed E-state index contributed by atoms with van der Waals surface area (Å²) in [5, 5.41) is 2.81. The lowest BCUT2D eigenvalue weighted by Crippen LogP contribution is -2.12. The minimum Gasteiger partial charge on any atom is -0.298 e. The van der Waals surface area contributed by atoms with Gasteiger partial charge >= 0.3 is 0 Å². The number of hydrogen-bond donors (Lipinski definition) is 1. The molecule has 0 saturated heterocycles. The Kier molecular flexibility index (Phi) is 3.87. The number of carbonyl (C=O) groups is 1. The smallest absolute Gasteiger partial charge is 0.257 e. The van der Waals surface area contributed by atoms with Crippen molar-refractivity contribution in [1.82, 2.24) is 4.98 Å². The van der Waals surface area contributed by atoms with E-state index < -0.39 is 21.6 Å². The highest BCUT2D eigenvalue weighted by Crippen LogP contribution is 2.27. The van der Waals surface area contributed by atoms with Gasteiger partial charge in [-0.1, -0.05) is 23.5 Å². The number of amides is 1. The molecule has 0 radical (unpaired) electrons. The summed E-state index contributed by atoms with van der Waals surface area (Å²) >= 11 is 1.14. The van der Waals surface area contributed by atoms with Crippen molar-refractivity contribution in [2.24, 2.45) is 0 Å². The second-order valence-electron chi connectivity index (χ2n) is 4.86. The maximum absolute atomic E-state index is 13.6. The highest BCUT2D eigenvalue weighted by molar-refractivity contribution is 7.90. The Morgan fingerprint density at radius 2 is 1.96 bits per heavy atom. The van der Waals surface area contributed by atoms with E-state index in [0.29, 0.717) is 4.70 Å². The second kappa shape index (κ2) is 5.71. The Labute approximate surface area is 135 Å². The second-order valence-corrected chi connectivity index (χ2v) is 7.91. The van der Waals surface area contributed by atoms with E-state index in [1.54, 1.807) is 12.1 Å². The van der Waals surface area contributed by atoms with Crippen molar-refractivity contribution >= 4 is 42.4 Å². The zero-order valence-corrected chi connectivity index (χ0v) is 13.5. The SMILES string of the molecule is CS(=O)(=O)c1cccc(C(=O)Nc2nc3c(F)cccc3s2)c1. The number of sulfone groups is 1. The van der Waals surface area contributed by atoms with Crippen LogP contribution in [0.25, 0.3) is 10.2 Å². The summed E-state index contributed by atoms with van der Waals surface area (Å²) in [6, 6.07) is 10.3. The number of rotatable bonds is 3. The van der Waals surface area contributed by atoms with Crippen LogP contribution in [-0.2, 0) is 9.84 Å². The van der Waals surface area contributed by atoms with Gasteiger partial charge in [0, 0.05) is 11.8 Å². The molecule has 3 aromatic rings. The van der Waals surface area contributed by atoms with Crippen molar-refractivity contribution in [3.63, 3.8) is 0 Å². The third-order valence-electron chi connectivity index (χ3n) is 3.11. The molecule has 8 heteroatoms. The molecular weight excluding hydrogens is 339 g/mol. The van der Waals surface area contributed by atoms with Gasteiger partial charge in [-0.2, -0.15) is 0 Å². The summed E-state index contributed by atoms with van der Waals surface area (Å²) < 4.78 is 37.3. The van der Waals surface area contributed by atoms with Gasteiger partial charge in [-0.3, -0.25) is 10.1 Å². The molecular formula is C15H11FN2O3S2. The predicted molar refractivity (Wildman–Crippen MR) is 87.1 cm³/mol. The molecule has 0 atom stereocenters. The van der Waals surface area contributed by atoms with Crippen LogP contribution in [-0.4, -0.2) is 25.6 Å². The van der Waals surface area contributed by atoms with Gasteiger partial charge in [0.05, 0.1) is 9.60 Å². The minimum absolute atomic E-state index is 0.0560. The average Bonchev–Trinajstić information content (AvgIpc) is 2.90. The lowest BCUT2D eigenvalue weighted by atomic mass is 10.2. The summed E-state index contributed by atoms with van der Waals surface area (Å²) in [6.45, 7) is 0.